The van der Waals surface area contributed by atoms with Crippen LogP contribution in [0, 0.1) is 11.7 Å². The van der Waals surface area contributed by atoms with E-state index in [1.807, 2.05) is 30.3 Å². The number of hydrogen-bond acceptors (Lipinski definition) is 7. The van der Waals surface area contributed by atoms with Crippen molar-refractivity contribution in [1.82, 2.24) is 10.3 Å². The van der Waals surface area contributed by atoms with Crippen molar-refractivity contribution in [2.24, 2.45) is 11.7 Å². The van der Waals surface area contributed by atoms with Gasteiger partial charge in [0.05, 0.1) is 19.3 Å². The van der Waals surface area contributed by atoms with Gasteiger partial charge in [-0.1, -0.05) is 54.1 Å². The second-order valence-electron chi connectivity index (χ2n) is 11.0. The van der Waals surface area contributed by atoms with Crippen LogP contribution in [0.5, 0.6) is 11.6 Å². The molecule has 1 aliphatic rings. The monoisotopic (exact) mass is 619 g/mol. The Hall–Kier alpha value is -4.02. The quantitative estimate of drug-likeness (QED) is 0.193. The van der Waals surface area contributed by atoms with Crippen molar-refractivity contribution in [3.63, 3.8) is 0 Å². The molecule has 0 bridgehead atoms. The molecule has 0 unspecified atom stereocenters. The fourth-order valence-corrected chi connectivity index (χ4v) is 5.59. The van der Waals surface area contributed by atoms with Crippen LogP contribution >= 0.6 is 11.6 Å². The molecule has 2 heterocycles. The number of amides is 1. The van der Waals surface area contributed by atoms with Gasteiger partial charge in [-0.05, 0) is 66.3 Å². The molecule has 0 aliphatic carbocycles. The number of aromatic nitrogens is 1. The van der Waals surface area contributed by atoms with Crippen LogP contribution in [-0.4, -0.2) is 53.1 Å². The largest absolute Gasteiger partial charge is 0.490 e. The topological polar surface area (TPSA) is 127 Å². The molecular formula is C34H35ClFN3O5. The number of nitrogens with two attached hydrogens (primary N) is 1. The summed E-state index contributed by atoms with van der Waals surface area (Å²) in [7, 11) is 1.56. The summed E-state index contributed by atoms with van der Waals surface area (Å²) in [6.45, 7) is -0.0151. The number of carbonyl (C=O) groups is 1. The summed E-state index contributed by atoms with van der Waals surface area (Å²) >= 11 is 6.19. The molecule has 0 saturated carbocycles. The van der Waals surface area contributed by atoms with Gasteiger partial charge in [0.2, 0.25) is 11.8 Å². The lowest BCUT2D eigenvalue weighted by Crippen LogP contribution is -2.46. The lowest BCUT2D eigenvalue weighted by Gasteiger charge is -2.33. The number of rotatable bonds is 11. The summed E-state index contributed by atoms with van der Waals surface area (Å²) < 4.78 is 25.4. The molecule has 5 atom stereocenters. The Balaban J connectivity index is 1.29. The van der Waals surface area contributed by atoms with E-state index in [1.54, 1.807) is 55.8 Å². The van der Waals surface area contributed by atoms with Crippen molar-refractivity contribution >= 4 is 17.5 Å². The van der Waals surface area contributed by atoms with Crippen LogP contribution in [-0.2, 0) is 17.6 Å². The Morgan fingerprint density at radius 1 is 1.11 bits per heavy atom. The molecule has 10 heteroatoms. The fraction of sp³-hybridized carbons (Fsp3) is 0.294. The molecule has 8 nitrogen and oxygen atoms in total. The van der Waals surface area contributed by atoms with E-state index in [2.05, 4.69) is 10.3 Å². The maximum Gasteiger partial charge on any atom is 0.224 e. The Morgan fingerprint density at radius 2 is 1.86 bits per heavy atom. The molecule has 5 N–H and O–H groups in total. The van der Waals surface area contributed by atoms with E-state index in [9.17, 15) is 19.4 Å². The molecule has 5 rings (SSSR count). The number of nitrogens with one attached hydrogen (secondary N) is 1. The Bertz CT molecular complexity index is 1570. The van der Waals surface area contributed by atoms with Gasteiger partial charge in [0.1, 0.15) is 24.3 Å². The second-order valence-corrected chi connectivity index (χ2v) is 11.4. The summed E-state index contributed by atoms with van der Waals surface area (Å²) in [5, 5.41) is 25.2. The normalized spacial score (nSPS) is 18.0. The zero-order valence-electron chi connectivity index (χ0n) is 24.2. The van der Waals surface area contributed by atoms with Gasteiger partial charge >= 0.3 is 0 Å². The van der Waals surface area contributed by atoms with E-state index in [0.29, 0.717) is 34.2 Å². The highest BCUT2D eigenvalue weighted by Crippen LogP contribution is 2.35. The maximum absolute atomic E-state index is 14.7. The van der Waals surface area contributed by atoms with E-state index in [4.69, 9.17) is 26.8 Å². The first-order chi connectivity index (χ1) is 21.2. The van der Waals surface area contributed by atoms with E-state index in [-0.39, 0.29) is 19.4 Å². The number of aliphatic hydroxyl groups excluding tert-OH is 2. The van der Waals surface area contributed by atoms with Crippen molar-refractivity contribution in [2.75, 3.05) is 13.7 Å². The fourth-order valence-electron chi connectivity index (χ4n) is 5.41. The Kier molecular flexibility index (Phi) is 10.1. The zero-order chi connectivity index (χ0) is 31.2. The SMILES string of the molecule is COc1ccc(-c2ccc(C[C@H](N)[C@@H](O)C[C@@H](Cc3ccccc3F)C(=O)N[C@H]3c4cc(Cl)ccc4OC[C@H]3O)cc2)cn1. The molecule has 0 fully saturated rings. The van der Waals surface area contributed by atoms with E-state index < -0.39 is 41.9 Å². The van der Waals surface area contributed by atoms with E-state index in [0.717, 1.165) is 16.7 Å². The summed E-state index contributed by atoms with van der Waals surface area (Å²) in [5.41, 5.74) is 10.1. The Labute approximate surface area is 260 Å². The number of nitrogens with zero attached hydrogens (tertiary/aromatic N) is 1. The van der Waals surface area contributed by atoms with Gasteiger partial charge in [0.15, 0.2) is 0 Å². The number of fused-ring (bicyclic) bond motifs is 1. The van der Waals surface area contributed by atoms with Gasteiger partial charge in [-0.25, -0.2) is 9.37 Å². The standard InChI is InChI=1S/C34H35ClFN3O5/c1-43-32-13-10-23(18-38-32)21-8-6-20(7-9-21)14-28(37)29(40)16-24(15-22-4-2-3-5-27(22)36)34(42)39-33-26-17-25(35)11-12-31(26)44-19-30(33)41/h2-13,17-18,24,28-30,33,40-41H,14-16,19,37H2,1H3,(H,39,42)/t24-,28+,29+,30-,33+/m1/s1. The molecule has 3 aromatic carbocycles. The van der Waals surface area contributed by atoms with Crippen LogP contribution in [0.25, 0.3) is 11.1 Å². The smallest absolute Gasteiger partial charge is 0.224 e. The number of hydrogen-bond donors (Lipinski definition) is 4. The number of pyridine rings is 1. The van der Waals surface area contributed by atoms with Crippen LogP contribution in [0.1, 0.15) is 29.2 Å². The minimum atomic E-state index is -1.07. The van der Waals surface area contributed by atoms with E-state index >= 15 is 0 Å². The van der Waals surface area contributed by atoms with Crippen molar-refractivity contribution in [3.05, 3.63) is 113 Å². The van der Waals surface area contributed by atoms with Crippen LogP contribution in [0.15, 0.2) is 85.1 Å². The Morgan fingerprint density at radius 3 is 2.57 bits per heavy atom. The van der Waals surface area contributed by atoms with Gasteiger partial charge in [-0.15, -0.1) is 0 Å². The van der Waals surface area contributed by atoms with Gasteiger partial charge in [0.25, 0.3) is 0 Å². The number of ether oxygens (including phenoxy) is 2. The van der Waals surface area contributed by atoms with Crippen molar-refractivity contribution in [2.45, 2.75) is 43.6 Å². The number of methoxy groups -OCH3 is 1. The molecule has 4 aromatic rings. The average Bonchev–Trinajstić information content (AvgIpc) is 3.03. The first-order valence-electron chi connectivity index (χ1n) is 14.4. The molecule has 1 amide bonds. The van der Waals surface area contributed by atoms with Crippen LogP contribution in [0.3, 0.4) is 0 Å². The molecule has 0 saturated heterocycles. The summed E-state index contributed by atoms with van der Waals surface area (Å²) in [6, 6.07) is 21.2. The van der Waals surface area contributed by atoms with Crippen molar-refractivity contribution < 1.29 is 28.9 Å². The van der Waals surface area contributed by atoms with Crippen molar-refractivity contribution in [1.29, 1.82) is 0 Å². The van der Waals surface area contributed by atoms with Gasteiger partial charge in [-0.3, -0.25) is 4.79 Å². The zero-order valence-corrected chi connectivity index (χ0v) is 25.0. The predicted molar refractivity (Wildman–Crippen MR) is 166 cm³/mol. The number of benzene rings is 3. The number of halogens is 2. The predicted octanol–water partition coefficient (Wildman–Crippen LogP) is 4.64. The van der Waals surface area contributed by atoms with Crippen LogP contribution < -0.4 is 20.5 Å². The van der Waals surface area contributed by atoms with E-state index in [1.165, 1.54) is 6.07 Å². The minimum absolute atomic E-state index is 0.0151. The average molecular weight is 620 g/mol. The first kappa shape index (κ1) is 31.4. The maximum atomic E-state index is 14.7. The third-order valence-electron chi connectivity index (χ3n) is 7.92. The summed E-state index contributed by atoms with van der Waals surface area (Å²) in [4.78, 5) is 18.0. The lowest BCUT2D eigenvalue weighted by molar-refractivity contribution is -0.128. The molecule has 0 spiro atoms. The third-order valence-corrected chi connectivity index (χ3v) is 8.15. The molecular weight excluding hydrogens is 585 g/mol. The van der Waals surface area contributed by atoms with Crippen molar-refractivity contribution in [3.8, 4) is 22.8 Å². The van der Waals surface area contributed by atoms with Crippen LogP contribution in [0.2, 0.25) is 5.02 Å². The molecule has 44 heavy (non-hydrogen) atoms. The third kappa shape index (κ3) is 7.54. The van der Waals surface area contributed by atoms with Crippen LogP contribution in [0.4, 0.5) is 4.39 Å². The van der Waals surface area contributed by atoms with Gasteiger partial charge in [0, 0.05) is 40.4 Å². The highest BCUT2D eigenvalue weighted by molar-refractivity contribution is 6.30. The van der Waals surface area contributed by atoms with Gasteiger partial charge < -0.3 is 30.7 Å². The molecule has 1 aromatic heterocycles. The number of aliphatic hydroxyl groups is 2. The highest BCUT2D eigenvalue weighted by atomic mass is 35.5. The molecule has 1 aliphatic heterocycles. The first-order valence-corrected chi connectivity index (χ1v) is 14.8. The summed E-state index contributed by atoms with van der Waals surface area (Å²) in [5.74, 6) is -0.693. The van der Waals surface area contributed by atoms with Gasteiger partial charge in [-0.2, -0.15) is 0 Å². The number of carbonyl (C=O) groups excluding carboxylic acids is 1. The molecule has 230 valence electrons. The summed E-state index contributed by atoms with van der Waals surface area (Å²) in [6.07, 6.45) is 0.0253. The second kappa shape index (κ2) is 14.2. The lowest BCUT2D eigenvalue weighted by atomic mass is 9.88. The molecule has 0 radical (unpaired) electrons. The highest BCUT2D eigenvalue weighted by Gasteiger charge is 2.34. The minimum Gasteiger partial charge on any atom is -0.490 e.